The third-order valence-corrected chi connectivity index (χ3v) is 5.38. The van der Waals surface area contributed by atoms with Gasteiger partial charge in [0.1, 0.15) is 0 Å². The predicted octanol–water partition coefficient (Wildman–Crippen LogP) is 3.84. The minimum atomic E-state index is -0.261. The summed E-state index contributed by atoms with van der Waals surface area (Å²) >= 11 is 1.48. The van der Waals surface area contributed by atoms with Crippen LogP contribution in [0, 0.1) is 13.8 Å². The minimum absolute atomic E-state index is 0.00370. The van der Waals surface area contributed by atoms with Crippen molar-refractivity contribution < 1.29 is 14.4 Å². The Morgan fingerprint density at radius 2 is 1.55 bits per heavy atom. The SMILES string of the molecule is CCN(CC(=O)Nc1ccc(NC(C)=O)cc1)C(=O)CSc1ccc(C)c(C)c1. The van der Waals surface area contributed by atoms with Gasteiger partial charge in [-0.2, -0.15) is 0 Å². The number of likely N-dealkylation sites (N-methyl/N-ethyl adjacent to an activating group) is 1. The van der Waals surface area contributed by atoms with E-state index in [9.17, 15) is 14.4 Å². The Labute approximate surface area is 176 Å². The highest BCUT2D eigenvalue weighted by molar-refractivity contribution is 8.00. The van der Waals surface area contributed by atoms with Gasteiger partial charge in [-0.1, -0.05) is 6.07 Å². The Balaban J connectivity index is 1.87. The molecule has 6 nitrogen and oxygen atoms in total. The molecule has 0 aromatic heterocycles. The molecule has 3 amide bonds. The minimum Gasteiger partial charge on any atom is -0.333 e. The summed E-state index contributed by atoms with van der Waals surface area (Å²) in [6.45, 7) is 7.85. The number of rotatable bonds is 8. The zero-order valence-corrected chi connectivity index (χ0v) is 18.1. The molecule has 2 rings (SSSR count). The second-order valence-corrected chi connectivity index (χ2v) is 7.80. The lowest BCUT2D eigenvalue weighted by Crippen LogP contribution is -2.38. The number of amides is 3. The van der Waals surface area contributed by atoms with Crippen molar-refractivity contribution in [2.75, 3.05) is 29.5 Å². The van der Waals surface area contributed by atoms with E-state index in [-0.39, 0.29) is 30.0 Å². The van der Waals surface area contributed by atoms with Gasteiger partial charge in [-0.05, 0) is 68.3 Å². The van der Waals surface area contributed by atoms with Gasteiger partial charge >= 0.3 is 0 Å². The summed E-state index contributed by atoms with van der Waals surface area (Å²) in [5.41, 5.74) is 3.68. The summed E-state index contributed by atoms with van der Waals surface area (Å²) < 4.78 is 0. The van der Waals surface area contributed by atoms with Gasteiger partial charge in [0.25, 0.3) is 0 Å². The summed E-state index contributed by atoms with van der Waals surface area (Å²) in [6.07, 6.45) is 0. The molecule has 0 saturated carbocycles. The molecular weight excluding hydrogens is 386 g/mol. The first-order valence-corrected chi connectivity index (χ1v) is 10.4. The molecule has 0 radical (unpaired) electrons. The van der Waals surface area contributed by atoms with Gasteiger partial charge in [0.15, 0.2) is 0 Å². The molecule has 0 unspecified atom stereocenters. The second-order valence-electron chi connectivity index (χ2n) is 6.75. The van der Waals surface area contributed by atoms with Crippen LogP contribution in [0.4, 0.5) is 11.4 Å². The van der Waals surface area contributed by atoms with Crippen molar-refractivity contribution in [2.24, 2.45) is 0 Å². The molecule has 2 aromatic rings. The summed E-state index contributed by atoms with van der Waals surface area (Å²) in [7, 11) is 0. The van der Waals surface area contributed by atoms with Crippen LogP contribution in [0.15, 0.2) is 47.4 Å². The van der Waals surface area contributed by atoms with Crippen LogP contribution < -0.4 is 10.6 Å². The van der Waals surface area contributed by atoms with Crippen molar-refractivity contribution >= 4 is 40.9 Å². The number of hydrogen-bond acceptors (Lipinski definition) is 4. The third kappa shape index (κ3) is 7.27. The van der Waals surface area contributed by atoms with Gasteiger partial charge in [0.2, 0.25) is 17.7 Å². The maximum atomic E-state index is 12.5. The van der Waals surface area contributed by atoms with E-state index in [2.05, 4.69) is 23.6 Å². The molecule has 0 aliphatic carbocycles. The maximum absolute atomic E-state index is 12.5. The number of carbonyl (C=O) groups excluding carboxylic acids is 3. The van der Waals surface area contributed by atoms with Crippen molar-refractivity contribution in [1.82, 2.24) is 4.90 Å². The number of aryl methyl sites for hydroxylation is 2. The lowest BCUT2D eigenvalue weighted by Gasteiger charge is -2.20. The van der Waals surface area contributed by atoms with Crippen LogP contribution in [-0.4, -0.2) is 41.5 Å². The highest BCUT2D eigenvalue weighted by Gasteiger charge is 2.16. The normalized spacial score (nSPS) is 10.3. The van der Waals surface area contributed by atoms with Crippen molar-refractivity contribution in [3.05, 3.63) is 53.6 Å². The van der Waals surface area contributed by atoms with Gasteiger partial charge in [0, 0.05) is 29.7 Å². The standard InChI is InChI=1S/C22H27N3O3S/c1-5-25(22(28)14-29-20-11-6-15(2)16(3)12-20)13-21(27)24-19-9-7-18(8-10-19)23-17(4)26/h6-12H,5,13-14H2,1-4H3,(H,23,26)(H,24,27). The zero-order chi connectivity index (χ0) is 21.4. The van der Waals surface area contributed by atoms with Crippen LogP contribution >= 0.6 is 11.8 Å². The van der Waals surface area contributed by atoms with Gasteiger partial charge in [-0.3, -0.25) is 14.4 Å². The predicted molar refractivity (Wildman–Crippen MR) is 118 cm³/mol. The number of nitrogens with one attached hydrogen (secondary N) is 2. The largest absolute Gasteiger partial charge is 0.333 e. The molecule has 0 atom stereocenters. The quantitative estimate of drug-likeness (QED) is 0.645. The fourth-order valence-corrected chi connectivity index (χ4v) is 3.53. The number of nitrogens with zero attached hydrogens (tertiary/aromatic N) is 1. The van der Waals surface area contributed by atoms with Crippen LogP contribution in [0.1, 0.15) is 25.0 Å². The Morgan fingerprint density at radius 3 is 2.10 bits per heavy atom. The summed E-state index contributed by atoms with van der Waals surface area (Å²) in [4.78, 5) is 38.5. The van der Waals surface area contributed by atoms with Crippen LogP contribution in [0.25, 0.3) is 0 Å². The van der Waals surface area contributed by atoms with Crippen molar-refractivity contribution in [3.8, 4) is 0 Å². The first-order chi connectivity index (χ1) is 13.8. The third-order valence-electron chi connectivity index (χ3n) is 4.40. The van der Waals surface area contributed by atoms with E-state index in [1.807, 2.05) is 26.0 Å². The average molecular weight is 414 g/mol. The van der Waals surface area contributed by atoms with Gasteiger partial charge in [-0.25, -0.2) is 0 Å². The average Bonchev–Trinajstić information content (AvgIpc) is 2.68. The first-order valence-electron chi connectivity index (χ1n) is 9.43. The zero-order valence-electron chi connectivity index (χ0n) is 17.2. The second kappa shape index (κ2) is 10.7. The number of carbonyl (C=O) groups is 3. The number of benzene rings is 2. The summed E-state index contributed by atoms with van der Waals surface area (Å²) in [5.74, 6) is -0.206. The van der Waals surface area contributed by atoms with Gasteiger partial charge in [-0.15, -0.1) is 11.8 Å². The fraction of sp³-hybridized carbons (Fsp3) is 0.318. The van der Waals surface area contributed by atoms with E-state index >= 15 is 0 Å². The molecule has 2 N–H and O–H groups in total. The molecular formula is C22H27N3O3S. The molecule has 0 heterocycles. The van der Waals surface area contributed by atoms with Crippen LogP contribution in [0.5, 0.6) is 0 Å². The Morgan fingerprint density at radius 1 is 0.931 bits per heavy atom. The van der Waals surface area contributed by atoms with E-state index in [1.54, 1.807) is 24.3 Å². The van der Waals surface area contributed by atoms with Crippen LogP contribution in [0.3, 0.4) is 0 Å². The fourth-order valence-electron chi connectivity index (χ4n) is 2.63. The van der Waals surface area contributed by atoms with E-state index in [0.717, 1.165) is 4.90 Å². The molecule has 154 valence electrons. The van der Waals surface area contributed by atoms with E-state index in [1.165, 1.54) is 34.7 Å². The summed E-state index contributed by atoms with van der Waals surface area (Å²) in [6, 6.07) is 13.0. The maximum Gasteiger partial charge on any atom is 0.243 e. The van der Waals surface area contributed by atoms with E-state index in [4.69, 9.17) is 0 Å². The number of anilines is 2. The summed E-state index contributed by atoms with van der Waals surface area (Å²) in [5, 5.41) is 5.45. The molecule has 2 aromatic carbocycles. The molecule has 7 heteroatoms. The van der Waals surface area contributed by atoms with Crippen LogP contribution in [0.2, 0.25) is 0 Å². The molecule has 0 saturated heterocycles. The molecule has 0 fully saturated rings. The van der Waals surface area contributed by atoms with Crippen molar-refractivity contribution in [2.45, 2.75) is 32.6 Å². The van der Waals surface area contributed by atoms with Crippen molar-refractivity contribution in [3.63, 3.8) is 0 Å². The Kier molecular flexibility index (Phi) is 8.27. The lowest BCUT2D eigenvalue weighted by molar-refractivity contribution is -0.132. The van der Waals surface area contributed by atoms with Gasteiger partial charge in [0.05, 0.1) is 12.3 Å². The molecule has 0 bridgehead atoms. The number of thioether (sulfide) groups is 1. The molecule has 29 heavy (non-hydrogen) atoms. The molecule has 0 spiro atoms. The highest BCUT2D eigenvalue weighted by atomic mass is 32.2. The lowest BCUT2D eigenvalue weighted by atomic mass is 10.1. The molecule has 0 aliphatic rings. The van der Waals surface area contributed by atoms with Gasteiger partial charge < -0.3 is 15.5 Å². The highest BCUT2D eigenvalue weighted by Crippen LogP contribution is 2.21. The topological polar surface area (TPSA) is 78.5 Å². The van der Waals surface area contributed by atoms with Crippen LogP contribution in [-0.2, 0) is 14.4 Å². The number of hydrogen-bond donors (Lipinski definition) is 2. The van der Waals surface area contributed by atoms with E-state index < -0.39 is 0 Å². The van der Waals surface area contributed by atoms with Crippen molar-refractivity contribution in [1.29, 1.82) is 0 Å². The smallest absolute Gasteiger partial charge is 0.243 e. The first kappa shape index (κ1) is 22.5. The Hall–Kier alpha value is -2.80. The van der Waals surface area contributed by atoms with E-state index in [0.29, 0.717) is 17.9 Å². The Bertz CT molecular complexity index is 881. The monoisotopic (exact) mass is 413 g/mol. The molecule has 0 aliphatic heterocycles.